The van der Waals surface area contributed by atoms with Crippen molar-refractivity contribution >= 4 is 17.5 Å². The lowest BCUT2D eigenvalue weighted by molar-refractivity contribution is 0.0703. The number of aryl methyl sites for hydroxylation is 1. The predicted molar refractivity (Wildman–Crippen MR) is 83.0 cm³/mol. The smallest absolute Gasteiger partial charge is 0.253 e. The van der Waals surface area contributed by atoms with E-state index < -0.39 is 0 Å². The number of nitrogens with zero attached hydrogens (tertiary/aromatic N) is 3. The van der Waals surface area contributed by atoms with Gasteiger partial charge in [0.2, 0.25) is 5.89 Å². The van der Waals surface area contributed by atoms with Gasteiger partial charge in [-0.25, -0.2) is 0 Å². The Bertz CT molecular complexity index is 654. The zero-order valence-electron chi connectivity index (χ0n) is 12.5. The number of amides is 1. The number of likely N-dealkylation sites (tertiary alicyclic amines) is 1. The fourth-order valence-corrected chi connectivity index (χ4v) is 2.85. The van der Waals surface area contributed by atoms with Gasteiger partial charge in [-0.2, -0.15) is 4.98 Å². The van der Waals surface area contributed by atoms with Crippen LogP contribution in [0.15, 0.2) is 28.8 Å². The summed E-state index contributed by atoms with van der Waals surface area (Å²) in [7, 11) is 0. The minimum atomic E-state index is 0.0283. The monoisotopic (exact) mass is 319 g/mol. The molecule has 0 unspecified atom stereocenters. The molecule has 2 heterocycles. The number of carbonyl (C=O) groups excluding carboxylic acids is 1. The van der Waals surface area contributed by atoms with Crippen LogP contribution in [0.4, 0.5) is 0 Å². The molecule has 0 spiro atoms. The first kappa shape index (κ1) is 15.0. The summed E-state index contributed by atoms with van der Waals surface area (Å²) in [5, 5.41) is 4.68. The van der Waals surface area contributed by atoms with Crippen LogP contribution in [0, 0.1) is 0 Å². The van der Waals surface area contributed by atoms with Crippen molar-refractivity contribution in [3.05, 3.63) is 46.6 Å². The lowest BCUT2D eigenvalue weighted by atomic mass is 9.96. The maximum Gasteiger partial charge on any atom is 0.253 e. The van der Waals surface area contributed by atoms with E-state index in [-0.39, 0.29) is 11.8 Å². The summed E-state index contributed by atoms with van der Waals surface area (Å²) in [6.45, 7) is 3.37. The second-order valence-electron chi connectivity index (χ2n) is 5.50. The molecule has 1 aliphatic rings. The molecule has 116 valence electrons. The zero-order chi connectivity index (χ0) is 15.5. The van der Waals surface area contributed by atoms with Crippen LogP contribution in [0.2, 0.25) is 5.02 Å². The van der Waals surface area contributed by atoms with E-state index in [1.165, 1.54) is 0 Å². The topological polar surface area (TPSA) is 59.2 Å². The zero-order valence-corrected chi connectivity index (χ0v) is 13.2. The second-order valence-corrected chi connectivity index (χ2v) is 5.93. The number of benzene rings is 1. The van der Waals surface area contributed by atoms with Crippen molar-refractivity contribution in [1.29, 1.82) is 0 Å². The Kier molecular flexibility index (Phi) is 4.43. The maximum atomic E-state index is 12.6. The van der Waals surface area contributed by atoms with Crippen LogP contribution in [0.25, 0.3) is 0 Å². The third kappa shape index (κ3) is 3.14. The van der Waals surface area contributed by atoms with E-state index in [2.05, 4.69) is 10.1 Å². The lowest BCUT2D eigenvalue weighted by Gasteiger charge is -2.31. The summed E-state index contributed by atoms with van der Waals surface area (Å²) in [5.74, 6) is 1.54. The van der Waals surface area contributed by atoms with Gasteiger partial charge < -0.3 is 9.42 Å². The normalized spacial score (nSPS) is 18.5. The molecule has 6 heteroatoms. The highest BCUT2D eigenvalue weighted by molar-refractivity contribution is 6.30. The molecule has 1 saturated heterocycles. The highest BCUT2D eigenvalue weighted by atomic mass is 35.5. The Morgan fingerprint density at radius 2 is 2.18 bits per heavy atom. The van der Waals surface area contributed by atoms with Crippen molar-refractivity contribution in [1.82, 2.24) is 15.0 Å². The van der Waals surface area contributed by atoms with E-state index in [0.717, 1.165) is 25.8 Å². The van der Waals surface area contributed by atoms with E-state index in [1.54, 1.807) is 24.3 Å². The standard InChI is InChI=1S/C16H18ClN3O2/c1-2-14-18-15(19-22-14)12-4-3-9-20(10-12)16(21)11-5-7-13(17)8-6-11/h5-8,12H,2-4,9-10H2,1H3/t12-/m1/s1. The Labute approximate surface area is 134 Å². The van der Waals surface area contributed by atoms with Gasteiger partial charge in [0.1, 0.15) is 0 Å². The van der Waals surface area contributed by atoms with Gasteiger partial charge in [0.25, 0.3) is 5.91 Å². The Morgan fingerprint density at radius 1 is 1.41 bits per heavy atom. The number of hydrogen-bond donors (Lipinski definition) is 0. The fraction of sp³-hybridized carbons (Fsp3) is 0.438. The van der Waals surface area contributed by atoms with Crippen LogP contribution in [0.5, 0.6) is 0 Å². The summed E-state index contributed by atoms with van der Waals surface area (Å²) >= 11 is 5.87. The van der Waals surface area contributed by atoms with E-state index >= 15 is 0 Å². The minimum absolute atomic E-state index is 0.0283. The largest absolute Gasteiger partial charge is 0.339 e. The summed E-state index contributed by atoms with van der Waals surface area (Å²) < 4.78 is 5.18. The van der Waals surface area contributed by atoms with E-state index in [1.807, 2.05) is 11.8 Å². The molecule has 1 aromatic carbocycles. The molecule has 0 aliphatic carbocycles. The van der Waals surface area contributed by atoms with E-state index in [4.69, 9.17) is 16.1 Å². The molecule has 1 aromatic heterocycles. The predicted octanol–water partition coefficient (Wildman–Crippen LogP) is 3.31. The van der Waals surface area contributed by atoms with Crippen molar-refractivity contribution in [2.24, 2.45) is 0 Å². The van der Waals surface area contributed by atoms with Gasteiger partial charge in [-0.15, -0.1) is 0 Å². The Hall–Kier alpha value is -1.88. The molecule has 0 saturated carbocycles. The van der Waals surface area contributed by atoms with Gasteiger partial charge in [-0.3, -0.25) is 4.79 Å². The first-order valence-corrected chi connectivity index (χ1v) is 7.92. The molecule has 5 nitrogen and oxygen atoms in total. The maximum absolute atomic E-state index is 12.6. The van der Waals surface area contributed by atoms with Crippen LogP contribution in [0.1, 0.15) is 47.8 Å². The first-order chi connectivity index (χ1) is 10.7. The van der Waals surface area contributed by atoms with Gasteiger partial charge in [-0.05, 0) is 37.1 Å². The molecule has 0 radical (unpaired) electrons. The van der Waals surface area contributed by atoms with Crippen LogP contribution in [-0.2, 0) is 6.42 Å². The van der Waals surface area contributed by atoms with Crippen LogP contribution in [-0.4, -0.2) is 34.0 Å². The molecule has 1 amide bonds. The number of carbonyl (C=O) groups is 1. The first-order valence-electron chi connectivity index (χ1n) is 7.54. The molecule has 3 rings (SSSR count). The average Bonchev–Trinajstić information content (AvgIpc) is 3.04. The van der Waals surface area contributed by atoms with Crippen molar-refractivity contribution in [3.8, 4) is 0 Å². The third-order valence-electron chi connectivity index (χ3n) is 3.95. The van der Waals surface area contributed by atoms with Crippen molar-refractivity contribution in [3.63, 3.8) is 0 Å². The molecule has 1 atom stereocenters. The Morgan fingerprint density at radius 3 is 2.86 bits per heavy atom. The van der Waals surface area contributed by atoms with Crippen molar-refractivity contribution in [2.45, 2.75) is 32.1 Å². The van der Waals surface area contributed by atoms with Crippen LogP contribution in [0.3, 0.4) is 0 Å². The summed E-state index contributed by atoms with van der Waals surface area (Å²) in [6, 6.07) is 7.00. The summed E-state index contributed by atoms with van der Waals surface area (Å²) in [6.07, 6.45) is 2.65. The molecule has 1 aliphatic heterocycles. The van der Waals surface area contributed by atoms with Crippen LogP contribution < -0.4 is 0 Å². The molecular weight excluding hydrogens is 302 g/mol. The number of halogens is 1. The van der Waals surface area contributed by atoms with Gasteiger partial charge >= 0.3 is 0 Å². The quantitative estimate of drug-likeness (QED) is 0.871. The fourth-order valence-electron chi connectivity index (χ4n) is 2.72. The number of rotatable bonds is 3. The average molecular weight is 320 g/mol. The molecule has 2 aromatic rings. The molecule has 22 heavy (non-hydrogen) atoms. The summed E-state index contributed by atoms with van der Waals surface area (Å²) in [5.41, 5.74) is 0.660. The van der Waals surface area contributed by atoms with Crippen LogP contribution >= 0.6 is 11.6 Å². The summed E-state index contributed by atoms with van der Waals surface area (Å²) in [4.78, 5) is 18.8. The van der Waals surface area contributed by atoms with E-state index in [9.17, 15) is 4.79 Å². The second kappa shape index (κ2) is 6.48. The van der Waals surface area contributed by atoms with Gasteiger partial charge in [0, 0.05) is 36.0 Å². The number of piperidine rings is 1. The van der Waals surface area contributed by atoms with Crippen molar-refractivity contribution < 1.29 is 9.32 Å². The van der Waals surface area contributed by atoms with Gasteiger partial charge in [0.15, 0.2) is 5.82 Å². The lowest BCUT2D eigenvalue weighted by Crippen LogP contribution is -2.39. The molecule has 0 bridgehead atoms. The molecular formula is C16H18ClN3O2. The van der Waals surface area contributed by atoms with Gasteiger partial charge in [0.05, 0.1) is 0 Å². The highest BCUT2D eigenvalue weighted by Gasteiger charge is 2.28. The number of hydrogen-bond acceptors (Lipinski definition) is 4. The number of aromatic nitrogens is 2. The van der Waals surface area contributed by atoms with Gasteiger partial charge in [-0.1, -0.05) is 23.7 Å². The molecule has 1 fully saturated rings. The van der Waals surface area contributed by atoms with E-state index in [0.29, 0.717) is 28.8 Å². The minimum Gasteiger partial charge on any atom is -0.339 e. The third-order valence-corrected chi connectivity index (χ3v) is 4.20. The van der Waals surface area contributed by atoms with Crippen molar-refractivity contribution in [2.75, 3.05) is 13.1 Å². The Balaban J connectivity index is 1.72. The highest BCUT2D eigenvalue weighted by Crippen LogP contribution is 2.26. The SMILES string of the molecule is CCc1nc([C@@H]2CCCN(C(=O)c3ccc(Cl)cc3)C2)no1. The molecule has 0 N–H and O–H groups in total.